The maximum absolute atomic E-state index is 13.5. The van der Waals surface area contributed by atoms with Crippen LogP contribution in [-0.2, 0) is 9.84 Å². The molecule has 0 saturated heterocycles. The summed E-state index contributed by atoms with van der Waals surface area (Å²) in [6.45, 7) is 2.37. The molecule has 1 fully saturated rings. The van der Waals surface area contributed by atoms with Gasteiger partial charge in [-0.05, 0) is 43.9 Å². The third-order valence-corrected chi connectivity index (χ3v) is 6.24. The van der Waals surface area contributed by atoms with Gasteiger partial charge in [-0.3, -0.25) is 4.79 Å². The molecule has 156 valence electrons. The molecule has 3 aromatic rings. The van der Waals surface area contributed by atoms with Crippen molar-refractivity contribution in [2.45, 2.75) is 30.7 Å². The highest BCUT2D eigenvalue weighted by Gasteiger charge is 2.34. The van der Waals surface area contributed by atoms with Crippen LogP contribution in [0.5, 0.6) is 0 Å². The molecule has 1 atom stereocenters. The monoisotopic (exact) mass is 426 g/mol. The smallest absolute Gasteiger partial charge is 0.255 e. The zero-order chi connectivity index (χ0) is 21.3. The van der Waals surface area contributed by atoms with E-state index in [4.69, 9.17) is 0 Å². The van der Waals surface area contributed by atoms with Gasteiger partial charge in [-0.25, -0.2) is 23.4 Å². The van der Waals surface area contributed by atoms with E-state index in [-0.39, 0.29) is 16.4 Å². The summed E-state index contributed by atoms with van der Waals surface area (Å²) < 4.78 is 26.0. The van der Waals surface area contributed by atoms with Gasteiger partial charge in [0.15, 0.2) is 15.7 Å². The molecule has 1 aliphatic rings. The van der Waals surface area contributed by atoms with Crippen molar-refractivity contribution in [3.05, 3.63) is 60.4 Å². The number of rotatable bonds is 7. The fourth-order valence-electron chi connectivity index (χ4n) is 3.35. The Morgan fingerprint density at radius 1 is 1.17 bits per heavy atom. The van der Waals surface area contributed by atoms with Gasteiger partial charge < -0.3 is 4.90 Å². The first kappa shape index (κ1) is 20.1. The number of hydrogen-bond acceptors (Lipinski definition) is 7. The Labute approximate surface area is 174 Å². The lowest BCUT2D eigenvalue weighted by Gasteiger charge is -2.29. The highest BCUT2D eigenvalue weighted by molar-refractivity contribution is 7.90. The van der Waals surface area contributed by atoms with Crippen LogP contribution in [-0.4, -0.2) is 56.8 Å². The Morgan fingerprint density at radius 3 is 2.53 bits per heavy atom. The molecule has 1 unspecified atom stereocenters. The van der Waals surface area contributed by atoms with Crippen LogP contribution in [0.1, 0.15) is 42.0 Å². The molecule has 1 aromatic carbocycles. The Hall–Kier alpha value is -3.14. The quantitative estimate of drug-likeness (QED) is 0.569. The third kappa shape index (κ3) is 4.09. The Kier molecular flexibility index (Phi) is 5.33. The molecule has 0 spiro atoms. The number of amides is 1. The lowest BCUT2D eigenvalue weighted by Crippen LogP contribution is -2.37. The Morgan fingerprint density at radius 2 is 1.87 bits per heavy atom. The molecule has 1 saturated carbocycles. The topological polar surface area (TPSA) is 111 Å². The summed E-state index contributed by atoms with van der Waals surface area (Å²) in [6, 6.07) is 7.54. The van der Waals surface area contributed by atoms with Crippen LogP contribution < -0.4 is 0 Å². The summed E-state index contributed by atoms with van der Waals surface area (Å²) in [4.78, 5) is 28.0. The van der Waals surface area contributed by atoms with Gasteiger partial charge >= 0.3 is 0 Å². The second-order valence-corrected chi connectivity index (χ2v) is 9.41. The van der Waals surface area contributed by atoms with E-state index < -0.39 is 15.9 Å². The number of carbonyl (C=O) groups is 1. The van der Waals surface area contributed by atoms with E-state index in [1.165, 1.54) is 17.1 Å². The van der Waals surface area contributed by atoms with Crippen LogP contribution in [0.3, 0.4) is 0 Å². The third-order valence-electron chi connectivity index (χ3n) is 5.09. The molecule has 10 heteroatoms. The second-order valence-electron chi connectivity index (χ2n) is 7.42. The molecule has 1 aliphatic carbocycles. The number of carbonyl (C=O) groups excluding carboxylic acids is 1. The molecular weight excluding hydrogens is 404 g/mol. The molecular formula is C20H22N6O3S. The molecule has 2 heterocycles. The van der Waals surface area contributed by atoms with Crippen molar-refractivity contribution in [3.63, 3.8) is 0 Å². The molecule has 4 rings (SSSR count). The molecule has 30 heavy (non-hydrogen) atoms. The molecule has 0 N–H and O–H groups in total. The number of aromatic nitrogens is 5. The number of benzene rings is 1. The summed E-state index contributed by atoms with van der Waals surface area (Å²) >= 11 is 0. The first-order valence-electron chi connectivity index (χ1n) is 9.63. The van der Waals surface area contributed by atoms with E-state index in [2.05, 4.69) is 20.1 Å². The van der Waals surface area contributed by atoms with Crippen molar-refractivity contribution in [3.8, 4) is 5.95 Å². The lowest BCUT2D eigenvalue weighted by molar-refractivity contribution is 0.0666. The molecule has 0 aliphatic heterocycles. The van der Waals surface area contributed by atoms with Crippen molar-refractivity contribution < 1.29 is 13.2 Å². The lowest BCUT2D eigenvalue weighted by atomic mass is 10.1. The first-order chi connectivity index (χ1) is 14.4. The van der Waals surface area contributed by atoms with E-state index in [1.807, 2.05) is 6.92 Å². The highest BCUT2D eigenvalue weighted by atomic mass is 32.2. The highest BCUT2D eigenvalue weighted by Crippen LogP contribution is 2.34. The average Bonchev–Trinajstić information content (AvgIpc) is 3.43. The van der Waals surface area contributed by atoms with Gasteiger partial charge in [-0.2, -0.15) is 9.78 Å². The van der Waals surface area contributed by atoms with Crippen LogP contribution in [0.4, 0.5) is 0 Å². The number of sulfone groups is 1. The summed E-state index contributed by atoms with van der Waals surface area (Å²) in [7, 11) is -3.56. The van der Waals surface area contributed by atoms with Gasteiger partial charge in [0, 0.05) is 25.2 Å². The van der Waals surface area contributed by atoms with Gasteiger partial charge in [0.2, 0.25) is 0 Å². The summed E-state index contributed by atoms with van der Waals surface area (Å²) in [6.07, 6.45) is 7.79. The zero-order valence-electron chi connectivity index (χ0n) is 16.7. The van der Waals surface area contributed by atoms with Crippen LogP contribution in [0.2, 0.25) is 0 Å². The predicted octanol–water partition coefficient (Wildman–Crippen LogP) is 2.07. The van der Waals surface area contributed by atoms with Gasteiger partial charge in [0.1, 0.15) is 6.33 Å². The van der Waals surface area contributed by atoms with Crippen LogP contribution in [0, 0.1) is 5.92 Å². The van der Waals surface area contributed by atoms with Crippen LogP contribution >= 0.6 is 0 Å². The SMILES string of the molecule is CC(c1ncnn1-c1ncccn1)N(CC1CC1)C(=O)c1ccccc1S(C)(=O)=O. The van der Waals surface area contributed by atoms with E-state index in [0.29, 0.717) is 24.2 Å². The minimum absolute atomic E-state index is 0.0239. The van der Waals surface area contributed by atoms with E-state index in [1.54, 1.807) is 41.6 Å². The normalized spacial score (nSPS) is 15.0. The minimum Gasteiger partial charge on any atom is -0.328 e. The molecule has 0 radical (unpaired) electrons. The fourth-order valence-corrected chi connectivity index (χ4v) is 4.23. The molecule has 1 amide bonds. The number of hydrogen-bond donors (Lipinski definition) is 0. The average molecular weight is 427 g/mol. The van der Waals surface area contributed by atoms with Crippen molar-refractivity contribution in [1.82, 2.24) is 29.6 Å². The van der Waals surface area contributed by atoms with Crippen molar-refractivity contribution in [1.29, 1.82) is 0 Å². The largest absolute Gasteiger partial charge is 0.328 e. The van der Waals surface area contributed by atoms with Gasteiger partial charge in [-0.1, -0.05) is 12.1 Å². The van der Waals surface area contributed by atoms with Crippen molar-refractivity contribution >= 4 is 15.7 Å². The first-order valence-corrected chi connectivity index (χ1v) is 11.5. The van der Waals surface area contributed by atoms with Gasteiger partial charge in [0.05, 0.1) is 16.5 Å². The second kappa shape index (κ2) is 7.94. The molecule has 9 nitrogen and oxygen atoms in total. The predicted molar refractivity (Wildman–Crippen MR) is 109 cm³/mol. The van der Waals surface area contributed by atoms with Crippen LogP contribution in [0.15, 0.2) is 53.9 Å². The summed E-state index contributed by atoms with van der Waals surface area (Å²) in [5, 5.41) is 4.22. The summed E-state index contributed by atoms with van der Waals surface area (Å²) in [5.74, 6) is 0.907. The van der Waals surface area contributed by atoms with E-state index >= 15 is 0 Å². The summed E-state index contributed by atoms with van der Waals surface area (Å²) in [5.41, 5.74) is 0.162. The maximum atomic E-state index is 13.5. The van der Waals surface area contributed by atoms with E-state index in [9.17, 15) is 13.2 Å². The molecule has 0 bridgehead atoms. The molecule has 2 aromatic heterocycles. The Balaban J connectivity index is 1.73. The van der Waals surface area contributed by atoms with Crippen molar-refractivity contribution in [2.24, 2.45) is 5.92 Å². The van der Waals surface area contributed by atoms with Crippen LogP contribution in [0.25, 0.3) is 5.95 Å². The fraction of sp³-hybridized carbons (Fsp3) is 0.350. The standard InChI is InChI=1S/C20H22N6O3S/c1-14(18-23-13-24-26(18)20-21-10-5-11-22-20)25(12-15-8-9-15)19(27)16-6-3-4-7-17(16)30(2,28)29/h3-7,10-11,13-15H,8-9,12H2,1-2H3. The maximum Gasteiger partial charge on any atom is 0.255 e. The zero-order valence-corrected chi connectivity index (χ0v) is 17.5. The number of nitrogens with zero attached hydrogens (tertiary/aromatic N) is 6. The minimum atomic E-state index is -3.56. The Bertz CT molecular complexity index is 1160. The van der Waals surface area contributed by atoms with E-state index in [0.717, 1.165) is 19.1 Å². The van der Waals surface area contributed by atoms with Crippen molar-refractivity contribution in [2.75, 3.05) is 12.8 Å². The van der Waals surface area contributed by atoms with Gasteiger partial charge in [-0.15, -0.1) is 0 Å². The van der Waals surface area contributed by atoms with Gasteiger partial charge in [0.25, 0.3) is 11.9 Å².